The lowest BCUT2D eigenvalue weighted by Gasteiger charge is -2.42. The lowest BCUT2D eigenvalue weighted by atomic mass is 9.87. The van der Waals surface area contributed by atoms with E-state index in [9.17, 15) is 9.59 Å². The molecule has 0 radical (unpaired) electrons. The van der Waals surface area contributed by atoms with Crippen LogP contribution in [0.2, 0.25) is 0 Å². The molecule has 6 nitrogen and oxygen atoms in total. The van der Waals surface area contributed by atoms with E-state index in [0.29, 0.717) is 26.3 Å². The average molecular weight is 309 g/mol. The number of hydrogen-bond donors (Lipinski definition) is 0. The highest BCUT2D eigenvalue weighted by Crippen LogP contribution is 2.34. The van der Waals surface area contributed by atoms with Crippen LogP contribution in [-0.2, 0) is 9.53 Å². The van der Waals surface area contributed by atoms with Crippen LogP contribution in [-0.4, -0.2) is 71.2 Å². The van der Waals surface area contributed by atoms with E-state index in [1.54, 1.807) is 4.90 Å². The molecule has 2 rings (SSSR count). The van der Waals surface area contributed by atoms with E-state index in [2.05, 4.69) is 11.5 Å². The molecule has 2 aliphatic heterocycles. The van der Waals surface area contributed by atoms with Crippen molar-refractivity contribution >= 4 is 12.0 Å². The van der Waals surface area contributed by atoms with E-state index in [1.807, 2.05) is 32.7 Å². The smallest absolute Gasteiger partial charge is 0.410 e. The molecule has 0 aromatic rings. The zero-order chi connectivity index (χ0) is 16.5. The fourth-order valence-electron chi connectivity index (χ4n) is 3.18. The number of likely N-dealkylation sites (tertiary alicyclic amines) is 1. The van der Waals surface area contributed by atoms with Crippen molar-refractivity contribution < 1.29 is 14.3 Å². The van der Waals surface area contributed by atoms with Crippen molar-refractivity contribution in [3.05, 3.63) is 12.7 Å². The molecule has 2 aliphatic rings. The van der Waals surface area contributed by atoms with Crippen molar-refractivity contribution in [2.24, 2.45) is 0 Å². The summed E-state index contributed by atoms with van der Waals surface area (Å²) in [7, 11) is 2.04. The summed E-state index contributed by atoms with van der Waals surface area (Å²) in [5.41, 5.74) is -0.499. The van der Waals surface area contributed by atoms with Crippen molar-refractivity contribution in [1.82, 2.24) is 14.7 Å². The van der Waals surface area contributed by atoms with Crippen LogP contribution >= 0.6 is 0 Å². The number of amides is 2. The first kappa shape index (κ1) is 16.8. The second kappa shape index (κ2) is 5.91. The molecule has 0 atom stereocenters. The van der Waals surface area contributed by atoms with Gasteiger partial charge in [-0.2, -0.15) is 0 Å². The molecule has 1 spiro atoms. The lowest BCUT2D eigenvalue weighted by Crippen LogP contribution is -2.54. The first-order valence-corrected chi connectivity index (χ1v) is 7.77. The number of hydrogen-bond acceptors (Lipinski definition) is 4. The first-order chi connectivity index (χ1) is 10.2. The normalized spacial score (nSPS) is 22.0. The van der Waals surface area contributed by atoms with Crippen LogP contribution in [0.5, 0.6) is 0 Å². The summed E-state index contributed by atoms with van der Waals surface area (Å²) in [6.45, 7) is 11.8. The molecule has 0 bridgehead atoms. The Kier molecular flexibility index (Phi) is 4.52. The zero-order valence-corrected chi connectivity index (χ0v) is 14.1. The van der Waals surface area contributed by atoms with Crippen LogP contribution < -0.4 is 0 Å². The van der Waals surface area contributed by atoms with Gasteiger partial charge in [0.2, 0.25) is 5.91 Å². The molecule has 124 valence electrons. The zero-order valence-electron chi connectivity index (χ0n) is 14.1. The minimum absolute atomic E-state index is 0.0294. The van der Waals surface area contributed by atoms with Crippen molar-refractivity contribution in [2.45, 2.75) is 44.8 Å². The molecule has 2 heterocycles. The van der Waals surface area contributed by atoms with Crippen LogP contribution in [0.3, 0.4) is 0 Å². The van der Waals surface area contributed by atoms with Gasteiger partial charge >= 0.3 is 6.09 Å². The van der Waals surface area contributed by atoms with Gasteiger partial charge in [-0.15, -0.1) is 0 Å². The highest BCUT2D eigenvalue weighted by atomic mass is 16.6. The summed E-state index contributed by atoms with van der Waals surface area (Å²) in [6, 6.07) is 0. The fourth-order valence-corrected chi connectivity index (χ4v) is 3.18. The summed E-state index contributed by atoms with van der Waals surface area (Å²) in [4.78, 5) is 29.7. The fraction of sp³-hybridized carbons (Fsp3) is 0.750. The molecule has 0 unspecified atom stereocenters. The molecule has 2 amide bonds. The van der Waals surface area contributed by atoms with Gasteiger partial charge in [-0.3, -0.25) is 9.69 Å². The number of likely N-dealkylation sites (N-methyl/N-ethyl adjacent to an activating group) is 1. The Balaban J connectivity index is 1.95. The summed E-state index contributed by atoms with van der Waals surface area (Å²) in [5.74, 6) is -0.0294. The maximum atomic E-state index is 12.1. The second-order valence-electron chi connectivity index (χ2n) is 7.27. The minimum atomic E-state index is -0.469. The SMILES string of the molecule is C=CC(=O)N1CN(C)C2(CCN(C(=O)OC(C)(C)C)CC2)C1. The van der Waals surface area contributed by atoms with Crippen molar-refractivity contribution in [1.29, 1.82) is 0 Å². The molecular weight excluding hydrogens is 282 g/mol. The first-order valence-electron chi connectivity index (χ1n) is 7.77. The van der Waals surface area contributed by atoms with Crippen LogP contribution in [0.4, 0.5) is 4.79 Å². The van der Waals surface area contributed by atoms with Gasteiger partial charge in [-0.1, -0.05) is 6.58 Å². The van der Waals surface area contributed by atoms with Gasteiger partial charge in [0.15, 0.2) is 0 Å². The molecule has 2 saturated heterocycles. The van der Waals surface area contributed by atoms with Crippen molar-refractivity contribution in [3.8, 4) is 0 Å². The van der Waals surface area contributed by atoms with E-state index < -0.39 is 5.60 Å². The summed E-state index contributed by atoms with van der Waals surface area (Å²) in [5, 5.41) is 0. The predicted octanol–water partition coefficient (Wildman–Crippen LogP) is 1.67. The number of carbonyl (C=O) groups is 2. The molecule has 0 aliphatic carbocycles. The van der Waals surface area contributed by atoms with E-state index >= 15 is 0 Å². The maximum absolute atomic E-state index is 12.1. The summed E-state index contributed by atoms with van der Waals surface area (Å²) >= 11 is 0. The molecule has 22 heavy (non-hydrogen) atoms. The topological polar surface area (TPSA) is 53.1 Å². The standard InChI is InChI=1S/C16H27N3O3/c1-6-13(20)19-11-16(17(5)12-19)7-9-18(10-8-16)14(21)22-15(2,3)4/h6H,1,7-12H2,2-5H3. The largest absolute Gasteiger partial charge is 0.444 e. The van der Waals surface area contributed by atoms with Gasteiger partial charge in [0.1, 0.15) is 5.60 Å². The van der Waals surface area contributed by atoms with Crippen LogP contribution in [0.1, 0.15) is 33.6 Å². The second-order valence-corrected chi connectivity index (χ2v) is 7.27. The molecule has 6 heteroatoms. The van der Waals surface area contributed by atoms with Crippen LogP contribution in [0.15, 0.2) is 12.7 Å². The average Bonchev–Trinajstić information content (AvgIpc) is 2.74. The van der Waals surface area contributed by atoms with Gasteiger partial charge < -0.3 is 14.5 Å². The number of piperidine rings is 1. The minimum Gasteiger partial charge on any atom is -0.444 e. The predicted molar refractivity (Wildman–Crippen MR) is 84.3 cm³/mol. The molecule has 0 aromatic carbocycles. The number of carbonyl (C=O) groups excluding carboxylic acids is 2. The Morgan fingerprint density at radius 3 is 2.27 bits per heavy atom. The van der Waals surface area contributed by atoms with E-state index in [-0.39, 0.29) is 17.5 Å². The van der Waals surface area contributed by atoms with Crippen LogP contribution in [0, 0.1) is 0 Å². The maximum Gasteiger partial charge on any atom is 0.410 e. The van der Waals surface area contributed by atoms with Gasteiger partial charge in [-0.05, 0) is 46.7 Å². The third-order valence-electron chi connectivity index (χ3n) is 4.51. The third kappa shape index (κ3) is 3.43. The van der Waals surface area contributed by atoms with Crippen molar-refractivity contribution in [3.63, 3.8) is 0 Å². The third-order valence-corrected chi connectivity index (χ3v) is 4.51. The van der Waals surface area contributed by atoms with Gasteiger partial charge in [0.05, 0.1) is 6.67 Å². The van der Waals surface area contributed by atoms with E-state index in [4.69, 9.17) is 4.74 Å². The quantitative estimate of drug-likeness (QED) is 0.692. The molecule has 0 saturated carbocycles. The van der Waals surface area contributed by atoms with Crippen LogP contribution in [0.25, 0.3) is 0 Å². The number of rotatable bonds is 1. The molecule has 2 fully saturated rings. The monoisotopic (exact) mass is 309 g/mol. The van der Waals surface area contributed by atoms with Gasteiger partial charge in [0, 0.05) is 25.2 Å². The van der Waals surface area contributed by atoms with Crippen molar-refractivity contribution in [2.75, 3.05) is 33.4 Å². The highest BCUT2D eigenvalue weighted by molar-refractivity contribution is 5.87. The van der Waals surface area contributed by atoms with E-state index in [0.717, 1.165) is 12.8 Å². The van der Waals surface area contributed by atoms with Gasteiger partial charge in [-0.25, -0.2) is 4.79 Å². The Morgan fingerprint density at radius 1 is 1.18 bits per heavy atom. The Labute approximate surface area is 132 Å². The number of ether oxygens (including phenoxy) is 1. The number of nitrogens with zero attached hydrogens (tertiary/aromatic N) is 3. The summed E-state index contributed by atoms with van der Waals surface area (Å²) in [6.07, 6.45) is 2.82. The summed E-state index contributed by atoms with van der Waals surface area (Å²) < 4.78 is 5.43. The lowest BCUT2D eigenvalue weighted by molar-refractivity contribution is -0.125. The Morgan fingerprint density at radius 2 is 1.77 bits per heavy atom. The molecule has 0 N–H and O–H groups in total. The van der Waals surface area contributed by atoms with E-state index in [1.165, 1.54) is 6.08 Å². The Bertz CT molecular complexity index is 462. The highest BCUT2D eigenvalue weighted by Gasteiger charge is 2.46. The van der Waals surface area contributed by atoms with Gasteiger partial charge in [0.25, 0.3) is 0 Å². The molecule has 0 aromatic heterocycles. The Hall–Kier alpha value is -1.56. The molecular formula is C16H27N3O3.